The maximum absolute atomic E-state index is 9.27. The Labute approximate surface area is 113 Å². The van der Waals surface area contributed by atoms with Gasteiger partial charge in [0.25, 0.3) is 0 Å². The Morgan fingerprint density at radius 1 is 1.21 bits per heavy atom. The van der Waals surface area contributed by atoms with E-state index in [2.05, 4.69) is 5.32 Å². The molecule has 1 aromatic carbocycles. The summed E-state index contributed by atoms with van der Waals surface area (Å²) in [5.41, 5.74) is 0.265. The number of hydrogen-bond donors (Lipinski definition) is 3. The van der Waals surface area contributed by atoms with Gasteiger partial charge in [-0.1, -0.05) is 12.1 Å². The molecule has 0 aliphatic carbocycles. The molecule has 19 heavy (non-hydrogen) atoms. The zero-order chi connectivity index (χ0) is 13.7. The second-order valence-corrected chi connectivity index (χ2v) is 5.03. The third-order valence-corrected chi connectivity index (χ3v) is 3.26. The first-order chi connectivity index (χ1) is 9.18. The van der Waals surface area contributed by atoms with Crippen molar-refractivity contribution in [1.29, 1.82) is 0 Å². The summed E-state index contributed by atoms with van der Waals surface area (Å²) in [7, 11) is 0. The number of fused-ring (bicyclic) bond motifs is 1. The first-order valence-electron chi connectivity index (χ1n) is 6.53. The van der Waals surface area contributed by atoms with Crippen molar-refractivity contribution >= 4 is 0 Å². The molecule has 1 aromatic rings. The molecular formula is C14H21NO4. The minimum absolute atomic E-state index is 0.129. The van der Waals surface area contributed by atoms with E-state index in [9.17, 15) is 10.2 Å². The summed E-state index contributed by atoms with van der Waals surface area (Å²) < 4.78 is 11.3. The number of hydrogen-bond acceptors (Lipinski definition) is 5. The van der Waals surface area contributed by atoms with Crippen molar-refractivity contribution in [2.45, 2.75) is 25.4 Å². The van der Waals surface area contributed by atoms with E-state index in [1.54, 1.807) is 6.92 Å². The fourth-order valence-corrected chi connectivity index (χ4v) is 1.86. The highest BCUT2D eigenvalue weighted by Gasteiger charge is 2.22. The predicted octanol–water partition coefficient (Wildman–Crippen LogP) is 0.681. The van der Waals surface area contributed by atoms with E-state index in [0.717, 1.165) is 23.5 Å². The van der Waals surface area contributed by atoms with Gasteiger partial charge in [-0.2, -0.15) is 0 Å². The van der Waals surface area contributed by atoms with Crippen molar-refractivity contribution in [3.63, 3.8) is 0 Å². The lowest BCUT2D eigenvalue weighted by Gasteiger charge is -2.26. The van der Waals surface area contributed by atoms with Crippen molar-refractivity contribution in [1.82, 2.24) is 5.32 Å². The van der Waals surface area contributed by atoms with Crippen molar-refractivity contribution in [3.05, 3.63) is 23.8 Å². The normalized spacial score (nSPS) is 15.1. The van der Waals surface area contributed by atoms with E-state index in [1.165, 1.54) is 0 Å². The molecular weight excluding hydrogens is 246 g/mol. The molecule has 1 aliphatic heterocycles. The van der Waals surface area contributed by atoms with Crippen LogP contribution in [0.5, 0.6) is 11.5 Å². The average molecular weight is 267 g/mol. The zero-order valence-electron chi connectivity index (χ0n) is 11.2. The molecule has 0 saturated carbocycles. The lowest BCUT2D eigenvalue weighted by atomic mass is 10.0. The average Bonchev–Trinajstić information content (AvgIpc) is 2.70. The smallest absolute Gasteiger partial charge is 0.165 e. The van der Waals surface area contributed by atoms with Gasteiger partial charge in [-0.25, -0.2) is 0 Å². The first-order valence-corrected chi connectivity index (χ1v) is 6.53. The van der Waals surface area contributed by atoms with Gasteiger partial charge in [-0.05, 0) is 13.0 Å². The van der Waals surface area contributed by atoms with Crippen LogP contribution in [0.25, 0.3) is 0 Å². The quantitative estimate of drug-likeness (QED) is 0.732. The monoisotopic (exact) mass is 267 g/mol. The second kappa shape index (κ2) is 6.23. The highest BCUT2D eigenvalue weighted by molar-refractivity contribution is 5.47. The van der Waals surface area contributed by atoms with E-state index < -0.39 is 5.54 Å². The third kappa shape index (κ3) is 3.37. The molecule has 0 bridgehead atoms. The number of rotatable bonds is 5. The van der Waals surface area contributed by atoms with Gasteiger partial charge in [-0.3, -0.25) is 0 Å². The van der Waals surface area contributed by atoms with Crippen LogP contribution in [0.4, 0.5) is 0 Å². The van der Waals surface area contributed by atoms with Crippen molar-refractivity contribution in [2.75, 3.05) is 26.4 Å². The highest BCUT2D eigenvalue weighted by atomic mass is 16.5. The SMILES string of the molecule is CC(CO)(CO)NCc1cccc2c1OCCCO2. The second-order valence-electron chi connectivity index (χ2n) is 5.03. The fraction of sp³-hybridized carbons (Fsp3) is 0.571. The lowest BCUT2D eigenvalue weighted by molar-refractivity contribution is 0.103. The topological polar surface area (TPSA) is 71.0 Å². The molecule has 1 aliphatic rings. The summed E-state index contributed by atoms with van der Waals surface area (Å²) in [6.45, 7) is 3.32. The van der Waals surface area contributed by atoms with Gasteiger partial charge in [0.2, 0.25) is 0 Å². The first kappa shape index (κ1) is 14.1. The summed E-state index contributed by atoms with van der Waals surface area (Å²) in [5.74, 6) is 1.51. The summed E-state index contributed by atoms with van der Waals surface area (Å²) in [6.07, 6.45) is 0.868. The van der Waals surface area contributed by atoms with Crippen LogP contribution in [0.15, 0.2) is 18.2 Å². The Morgan fingerprint density at radius 2 is 1.95 bits per heavy atom. The van der Waals surface area contributed by atoms with Crippen LogP contribution >= 0.6 is 0 Å². The largest absolute Gasteiger partial charge is 0.490 e. The Morgan fingerprint density at radius 3 is 2.68 bits per heavy atom. The molecule has 0 spiro atoms. The van der Waals surface area contributed by atoms with Crippen LogP contribution in [0.2, 0.25) is 0 Å². The van der Waals surface area contributed by atoms with Crippen LogP contribution in [0.1, 0.15) is 18.9 Å². The predicted molar refractivity (Wildman–Crippen MR) is 71.5 cm³/mol. The van der Waals surface area contributed by atoms with E-state index in [4.69, 9.17) is 9.47 Å². The van der Waals surface area contributed by atoms with E-state index >= 15 is 0 Å². The van der Waals surface area contributed by atoms with Crippen molar-refractivity contribution in [3.8, 4) is 11.5 Å². The molecule has 0 saturated heterocycles. The van der Waals surface area contributed by atoms with Gasteiger partial charge in [0.05, 0.1) is 32.0 Å². The molecule has 5 nitrogen and oxygen atoms in total. The van der Waals surface area contributed by atoms with Crippen LogP contribution in [0, 0.1) is 0 Å². The van der Waals surface area contributed by atoms with Gasteiger partial charge in [0.1, 0.15) is 0 Å². The number of ether oxygens (including phenoxy) is 2. The van der Waals surface area contributed by atoms with Crippen LogP contribution in [-0.4, -0.2) is 42.2 Å². The Hall–Kier alpha value is -1.30. The number of nitrogens with one attached hydrogen (secondary N) is 1. The highest BCUT2D eigenvalue weighted by Crippen LogP contribution is 2.33. The molecule has 0 radical (unpaired) electrons. The van der Waals surface area contributed by atoms with Gasteiger partial charge in [0.15, 0.2) is 11.5 Å². The molecule has 0 amide bonds. The third-order valence-electron chi connectivity index (χ3n) is 3.26. The standard InChI is InChI=1S/C14H21NO4/c1-14(9-16,10-17)15-8-11-4-2-5-12-13(11)19-7-3-6-18-12/h2,4-5,15-17H,3,6-10H2,1H3. The van der Waals surface area contributed by atoms with Gasteiger partial charge in [0, 0.05) is 18.5 Å². The van der Waals surface area contributed by atoms with Gasteiger partial charge in [-0.15, -0.1) is 0 Å². The zero-order valence-corrected chi connectivity index (χ0v) is 11.2. The van der Waals surface area contributed by atoms with E-state index in [0.29, 0.717) is 19.8 Å². The summed E-state index contributed by atoms with van der Waals surface area (Å²) >= 11 is 0. The number of aliphatic hydroxyl groups is 2. The summed E-state index contributed by atoms with van der Waals surface area (Å²) in [5, 5.41) is 21.7. The van der Waals surface area contributed by atoms with Gasteiger partial charge >= 0.3 is 0 Å². The summed E-state index contributed by atoms with van der Waals surface area (Å²) in [4.78, 5) is 0. The number of aliphatic hydroxyl groups excluding tert-OH is 2. The van der Waals surface area contributed by atoms with Gasteiger partial charge < -0.3 is 25.0 Å². The van der Waals surface area contributed by atoms with E-state index in [-0.39, 0.29) is 13.2 Å². The molecule has 0 unspecified atom stereocenters. The van der Waals surface area contributed by atoms with Crippen molar-refractivity contribution in [2.24, 2.45) is 0 Å². The van der Waals surface area contributed by atoms with Crippen LogP contribution < -0.4 is 14.8 Å². The molecule has 0 atom stereocenters. The lowest BCUT2D eigenvalue weighted by Crippen LogP contribution is -2.48. The minimum atomic E-state index is -0.700. The molecule has 3 N–H and O–H groups in total. The Kier molecular flexibility index (Phi) is 4.63. The maximum Gasteiger partial charge on any atom is 0.165 e. The van der Waals surface area contributed by atoms with Crippen molar-refractivity contribution < 1.29 is 19.7 Å². The molecule has 0 aromatic heterocycles. The molecule has 1 heterocycles. The molecule has 5 heteroatoms. The number of benzene rings is 1. The molecule has 0 fully saturated rings. The fourth-order valence-electron chi connectivity index (χ4n) is 1.86. The van der Waals surface area contributed by atoms with Crippen LogP contribution in [0.3, 0.4) is 0 Å². The summed E-state index contributed by atoms with van der Waals surface area (Å²) in [6, 6.07) is 5.76. The Balaban J connectivity index is 2.12. The van der Waals surface area contributed by atoms with E-state index in [1.807, 2.05) is 18.2 Å². The minimum Gasteiger partial charge on any atom is -0.490 e. The maximum atomic E-state index is 9.27. The molecule has 2 rings (SSSR count). The Bertz CT molecular complexity index is 418. The molecule has 106 valence electrons. The number of para-hydroxylation sites is 1. The van der Waals surface area contributed by atoms with Crippen LogP contribution in [-0.2, 0) is 6.54 Å².